The van der Waals surface area contributed by atoms with Crippen molar-refractivity contribution in [1.82, 2.24) is 4.98 Å². The number of hydrogen-bond acceptors (Lipinski definition) is 4. The minimum Gasteiger partial charge on any atom is -0.512 e. The fourth-order valence-corrected chi connectivity index (χ4v) is 7.13. The zero-order valence-electron chi connectivity index (χ0n) is 33.6. The third kappa shape index (κ3) is 8.73. The molecule has 0 atom stereocenters. The third-order valence-electron chi connectivity index (χ3n) is 12.0. The number of benzene rings is 3. The number of fused-ring (bicyclic) bond motifs is 3. The molecular formula is C47H56F2IrNO3-. The number of carbonyl (C=O) groups excluding carboxylic acids is 1. The number of hydrogen-bond donors (Lipinski definition) is 1. The number of halogens is 2. The van der Waals surface area contributed by atoms with E-state index in [9.17, 15) is 18.7 Å². The molecule has 2 heterocycles. The molecule has 5 aromatic rings. The Labute approximate surface area is 334 Å². The summed E-state index contributed by atoms with van der Waals surface area (Å²) in [6.07, 6.45) is 6.65. The number of allylic oxidation sites excluding steroid dienone is 2. The van der Waals surface area contributed by atoms with Crippen molar-refractivity contribution in [1.29, 1.82) is 0 Å². The number of aliphatic hydroxyl groups is 1. The van der Waals surface area contributed by atoms with Gasteiger partial charge in [-0.1, -0.05) is 104 Å². The van der Waals surface area contributed by atoms with E-state index in [1.165, 1.54) is 17.0 Å². The van der Waals surface area contributed by atoms with Crippen LogP contribution in [0.15, 0.2) is 77.0 Å². The fourth-order valence-electron chi connectivity index (χ4n) is 7.13. The van der Waals surface area contributed by atoms with Crippen molar-refractivity contribution in [2.24, 2.45) is 10.8 Å². The van der Waals surface area contributed by atoms with Crippen LogP contribution in [0.5, 0.6) is 0 Å². The molecule has 0 saturated carbocycles. The van der Waals surface area contributed by atoms with Gasteiger partial charge in [0, 0.05) is 78.3 Å². The zero-order valence-corrected chi connectivity index (χ0v) is 36.0. The topological polar surface area (TPSA) is 63.3 Å². The second-order valence-corrected chi connectivity index (χ2v) is 16.4. The quantitative estimate of drug-likeness (QED) is 0.0909. The van der Waals surface area contributed by atoms with Gasteiger partial charge in [-0.2, -0.15) is 0 Å². The van der Waals surface area contributed by atoms with Crippen molar-refractivity contribution in [3.63, 3.8) is 0 Å². The average molecular weight is 913 g/mol. The predicted molar refractivity (Wildman–Crippen MR) is 215 cm³/mol. The summed E-state index contributed by atoms with van der Waals surface area (Å²) in [5.74, 6) is -1.57. The van der Waals surface area contributed by atoms with Gasteiger partial charge in [-0.05, 0) is 67.7 Å². The SMILES string of the molecule is CCC(C)(CC)C(=O)/C=C(\O)C(C)(CC)CC.Cc1c(-c2ccc3c(c2)CCC(F)(F)C3)oc2c(-c3[c-]c4ccccc4c(C(C)(C)C)c3)nccc12.[Ir]. The largest absolute Gasteiger partial charge is 0.512 e. The maximum absolute atomic E-state index is 13.9. The molecule has 1 aliphatic carbocycles. The van der Waals surface area contributed by atoms with Crippen molar-refractivity contribution < 1.29 is 43.2 Å². The third-order valence-corrected chi connectivity index (χ3v) is 12.0. The molecule has 0 spiro atoms. The molecule has 2 aromatic heterocycles. The van der Waals surface area contributed by atoms with Gasteiger partial charge in [0.05, 0.1) is 0 Å². The average Bonchev–Trinajstić information content (AvgIpc) is 3.48. The Hall–Kier alpha value is -3.67. The molecule has 1 radical (unpaired) electrons. The fraction of sp³-hybridized carbons (Fsp3) is 0.447. The van der Waals surface area contributed by atoms with E-state index < -0.39 is 5.92 Å². The number of ketones is 1. The van der Waals surface area contributed by atoms with Crippen LogP contribution in [0.25, 0.3) is 44.3 Å². The number of furan rings is 1. The number of aromatic nitrogens is 1. The molecule has 1 N–H and O–H groups in total. The van der Waals surface area contributed by atoms with Crippen LogP contribution in [0.1, 0.15) is 117 Å². The standard InChI is InChI=1S/C32H28F2NO.C15H28O2.Ir/c1-19-25-12-14-35-28(24-16-21-7-5-6-8-26(21)27(17-24)31(2,3)4)30(25)36-29(19)22-9-10-23-18-32(33,34)13-11-20(23)15-22;1-7-14(5,8-2)12(16)11-13(17)15(6,9-3)10-4;/h5-10,12,14-15,17H,11,13,18H2,1-4H3;11,16H,7-10H2,1-6H3;/q-1;;/b;12-11-;. The first-order valence-corrected chi connectivity index (χ1v) is 19.2. The van der Waals surface area contributed by atoms with Gasteiger partial charge in [0.2, 0.25) is 0 Å². The molecule has 0 fully saturated rings. The van der Waals surface area contributed by atoms with Gasteiger partial charge < -0.3 is 9.52 Å². The number of aliphatic hydroxyl groups excluding tert-OH is 1. The zero-order chi connectivity index (χ0) is 38.9. The van der Waals surface area contributed by atoms with E-state index in [-0.39, 0.29) is 60.7 Å². The Balaban J connectivity index is 0.000000309. The summed E-state index contributed by atoms with van der Waals surface area (Å²) in [4.78, 5) is 16.9. The van der Waals surface area contributed by atoms with E-state index in [0.717, 1.165) is 81.3 Å². The van der Waals surface area contributed by atoms with E-state index in [4.69, 9.17) is 9.40 Å². The molecule has 7 heteroatoms. The van der Waals surface area contributed by atoms with Crippen molar-refractivity contribution in [3.05, 3.63) is 101 Å². The molecule has 1 aliphatic rings. The first-order chi connectivity index (χ1) is 24.9. The molecule has 291 valence electrons. The second kappa shape index (κ2) is 16.6. The molecule has 3 aromatic carbocycles. The van der Waals surface area contributed by atoms with Gasteiger partial charge in [0.1, 0.15) is 17.1 Å². The summed E-state index contributed by atoms with van der Waals surface area (Å²) < 4.78 is 34.3. The Morgan fingerprint density at radius 2 is 1.56 bits per heavy atom. The van der Waals surface area contributed by atoms with E-state index in [1.807, 2.05) is 85.0 Å². The summed E-state index contributed by atoms with van der Waals surface area (Å²) in [5, 5.41) is 13.4. The Morgan fingerprint density at radius 1 is 0.907 bits per heavy atom. The van der Waals surface area contributed by atoms with Crippen molar-refractivity contribution in [2.45, 2.75) is 126 Å². The molecule has 6 rings (SSSR count). The first kappa shape index (κ1) is 43.1. The maximum atomic E-state index is 13.9. The minimum atomic E-state index is -2.62. The van der Waals surface area contributed by atoms with Gasteiger partial charge in [0.25, 0.3) is 5.92 Å². The van der Waals surface area contributed by atoms with Crippen molar-refractivity contribution in [3.8, 4) is 22.6 Å². The van der Waals surface area contributed by atoms with Crippen LogP contribution >= 0.6 is 0 Å². The van der Waals surface area contributed by atoms with Gasteiger partial charge in [-0.15, -0.1) is 29.1 Å². The Bertz CT molecular complexity index is 2150. The molecule has 0 unspecified atom stereocenters. The van der Waals surface area contributed by atoms with Crippen LogP contribution in [0, 0.1) is 23.8 Å². The van der Waals surface area contributed by atoms with Crippen molar-refractivity contribution >= 4 is 27.5 Å². The van der Waals surface area contributed by atoms with Crippen LogP contribution in [-0.4, -0.2) is 21.8 Å². The molecule has 0 bridgehead atoms. The number of aryl methyl sites for hydroxylation is 2. The van der Waals surface area contributed by atoms with Crippen LogP contribution in [0.2, 0.25) is 0 Å². The molecule has 0 amide bonds. The smallest absolute Gasteiger partial charge is 0.252 e. The number of carbonyl (C=O) groups is 1. The van der Waals surface area contributed by atoms with Crippen LogP contribution in [0.4, 0.5) is 8.78 Å². The second-order valence-electron chi connectivity index (χ2n) is 16.4. The van der Waals surface area contributed by atoms with Crippen LogP contribution in [0.3, 0.4) is 0 Å². The summed E-state index contributed by atoms with van der Waals surface area (Å²) in [5.41, 5.74) is 6.61. The van der Waals surface area contributed by atoms with Crippen LogP contribution < -0.4 is 0 Å². The predicted octanol–water partition coefficient (Wildman–Crippen LogP) is 13.5. The van der Waals surface area contributed by atoms with E-state index in [2.05, 4.69) is 51.1 Å². The monoisotopic (exact) mass is 913 g/mol. The number of rotatable bonds is 9. The summed E-state index contributed by atoms with van der Waals surface area (Å²) in [6, 6.07) is 21.8. The molecule has 54 heavy (non-hydrogen) atoms. The molecule has 0 saturated heterocycles. The summed E-state index contributed by atoms with van der Waals surface area (Å²) in [7, 11) is 0. The number of pyridine rings is 1. The van der Waals surface area contributed by atoms with Crippen molar-refractivity contribution in [2.75, 3.05) is 0 Å². The van der Waals surface area contributed by atoms with Gasteiger partial charge in [-0.3, -0.25) is 9.78 Å². The Kier molecular flexibility index (Phi) is 13.2. The van der Waals surface area contributed by atoms with E-state index in [0.29, 0.717) is 6.42 Å². The Morgan fingerprint density at radius 3 is 2.19 bits per heavy atom. The molecule has 0 aliphatic heterocycles. The normalized spacial score (nSPS) is 14.6. The molecule has 4 nitrogen and oxygen atoms in total. The number of nitrogens with zero attached hydrogens (tertiary/aromatic N) is 1. The maximum Gasteiger partial charge on any atom is 0.252 e. The number of alkyl halides is 2. The van der Waals surface area contributed by atoms with Gasteiger partial charge in [-0.25, -0.2) is 8.78 Å². The molecular weight excluding hydrogens is 857 g/mol. The first-order valence-electron chi connectivity index (χ1n) is 19.2. The summed E-state index contributed by atoms with van der Waals surface area (Å²) in [6.45, 7) is 20.8. The van der Waals surface area contributed by atoms with E-state index >= 15 is 0 Å². The van der Waals surface area contributed by atoms with Crippen LogP contribution in [-0.2, 0) is 43.2 Å². The minimum absolute atomic E-state index is 0. The van der Waals surface area contributed by atoms with E-state index in [1.54, 1.807) is 0 Å². The summed E-state index contributed by atoms with van der Waals surface area (Å²) >= 11 is 0. The van der Waals surface area contributed by atoms with Gasteiger partial charge in [0.15, 0.2) is 5.78 Å². The van der Waals surface area contributed by atoms with Gasteiger partial charge >= 0.3 is 0 Å².